The molecule has 2 heterocycles. The number of hydrogen-bond donors (Lipinski definition) is 3. The number of aryl methyl sites for hydroxylation is 1. The van der Waals surface area contributed by atoms with Crippen molar-refractivity contribution >= 4 is 22.7 Å². The molecule has 9 nitrogen and oxygen atoms in total. The molecule has 0 aliphatic carbocycles. The van der Waals surface area contributed by atoms with E-state index in [-0.39, 0.29) is 30.8 Å². The fourth-order valence-corrected chi connectivity index (χ4v) is 3.36. The van der Waals surface area contributed by atoms with Gasteiger partial charge in [0.15, 0.2) is 11.5 Å². The number of ether oxygens (including phenoxy) is 2. The van der Waals surface area contributed by atoms with Gasteiger partial charge in [0.25, 0.3) is 5.91 Å². The van der Waals surface area contributed by atoms with Crippen molar-refractivity contribution < 1.29 is 24.2 Å². The summed E-state index contributed by atoms with van der Waals surface area (Å²) in [6, 6.07) is 2.51. The topological polar surface area (TPSA) is 119 Å². The summed E-state index contributed by atoms with van der Waals surface area (Å²) in [6.45, 7) is 6.41. The largest absolute Gasteiger partial charge is 0.454 e. The third-order valence-corrected chi connectivity index (χ3v) is 5.03. The van der Waals surface area contributed by atoms with Crippen LogP contribution in [0, 0.1) is 5.92 Å². The molecule has 3 rings (SSSR count). The van der Waals surface area contributed by atoms with E-state index in [1.165, 1.54) is 6.20 Å². The smallest absolute Gasteiger partial charge is 0.257 e. The first-order valence-electron chi connectivity index (χ1n) is 10.0. The molecule has 0 bridgehead atoms. The van der Waals surface area contributed by atoms with E-state index in [2.05, 4.69) is 10.6 Å². The molecular weight excluding hydrogens is 390 g/mol. The zero-order valence-electron chi connectivity index (χ0n) is 17.4. The summed E-state index contributed by atoms with van der Waals surface area (Å²) in [7, 11) is 0. The molecule has 2 amide bonds. The van der Waals surface area contributed by atoms with Crippen molar-refractivity contribution in [3.63, 3.8) is 0 Å². The molecule has 1 aliphatic rings. The zero-order chi connectivity index (χ0) is 21.8. The standard InChI is InChI=1S/C21H27N3O6/c1-4-24-10-14(19(26)13-8-16-17(9-15(13)24)30-11-29-16)20(27)23-18(12(2)3)21(28)22-6-5-7-25/h8-10,12,18,25H,4-7,11H2,1-3H3,(H,22,28)(H,23,27)/t18-/m1/s1. The van der Waals surface area contributed by atoms with Gasteiger partial charge in [0.2, 0.25) is 18.1 Å². The number of rotatable bonds is 8. The second-order valence-corrected chi connectivity index (χ2v) is 7.44. The molecule has 1 aliphatic heterocycles. The first kappa shape index (κ1) is 21.6. The van der Waals surface area contributed by atoms with Gasteiger partial charge in [-0.3, -0.25) is 14.4 Å². The maximum atomic E-state index is 13.1. The van der Waals surface area contributed by atoms with E-state index in [9.17, 15) is 14.4 Å². The molecule has 2 aromatic rings. The predicted molar refractivity (Wildman–Crippen MR) is 111 cm³/mol. The van der Waals surface area contributed by atoms with Gasteiger partial charge in [-0.15, -0.1) is 0 Å². The van der Waals surface area contributed by atoms with E-state index < -0.39 is 17.4 Å². The molecule has 9 heteroatoms. The highest BCUT2D eigenvalue weighted by Crippen LogP contribution is 2.35. The van der Waals surface area contributed by atoms with Crippen molar-refractivity contribution in [1.82, 2.24) is 15.2 Å². The number of nitrogens with one attached hydrogen (secondary N) is 2. The Bertz CT molecular complexity index is 1010. The Morgan fingerprint density at radius 2 is 1.93 bits per heavy atom. The van der Waals surface area contributed by atoms with Gasteiger partial charge in [-0.2, -0.15) is 0 Å². The van der Waals surface area contributed by atoms with Gasteiger partial charge in [-0.05, 0) is 25.3 Å². The molecule has 1 aromatic heterocycles. The van der Waals surface area contributed by atoms with Crippen LogP contribution in [0.25, 0.3) is 10.9 Å². The molecular formula is C21H27N3O6. The van der Waals surface area contributed by atoms with Crippen LogP contribution in [0.2, 0.25) is 0 Å². The minimum atomic E-state index is -0.807. The average Bonchev–Trinajstić information content (AvgIpc) is 3.18. The molecule has 0 spiro atoms. The zero-order valence-corrected chi connectivity index (χ0v) is 17.4. The Labute approximate surface area is 174 Å². The molecule has 0 fully saturated rings. The van der Waals surface area contributed by atoms with Gasteiger partial charge in [0.1, 0.15) is 11.6 Å². The van der Waals surface area contributed by atoms with Crippen LogP contribution in [0.4, 0.5) is 0 Å². The van der Waals surface area contributed by atoms with Gasteiger partial charge in [0, 0.05) is 32.0 Å². The number of carbonyl (C=O) groups is 2. The first-order valence-corrected chi connectivity index (χ1v) is 10.0. The predicted octanol–water partition coefficient (Wildman–Crippen LogP) is 1.00. The van der Waals surface area contributed by atoms with Crippen LogP contribution in [-0.4, -0.2) is 47.5 Å². The summed E-state index contributed by atoms with van der Waals surface area (Å²) in [4.78, 5) is 38.5. The van der Waals surface area contributed by atoms with Crippen molar-refractivity contribution in [1.29, 1.82) is 0 Å². The molecule has 0 saturated carbocycles. The summed E-state index contributed by atoms with van der Waals surface area (Å²) >= 11 is 0. The van der Waals surface area contributed by atoms with Crippen molar-refractivity contribution in [2.45, 2.75) is 39.8 Å². The molecule has 30 heavy (non-hydrogen) atoms. The lowest BCUT2D eigenvalue weighted by atomic mass is 10.0. The van der Waals surface area contributed by atoms with Gasteiger partial charge < -0.3 is 29.8 Å². The van der Waals surface area contributed by atoms with Crippen LogP contribution in [0.1, 0.15) is 37.6 Å². The van der Waals surface area contributed by atoms with Gasteiger partial charge in [0.05, 0.1) is 10.9 Å². The van der Waals surface area contributed by atoms with Crippen molar-refractivity contribution in [2.75, 3.05) is 19.9 Å². The number of hydrogen-bond acceptors (Lipinski definition) is 6. The minimum absolute atomic E-state index is 0.0366. The second kappa shape index (κ2) is 9.17. The molecule has 0 saturated heterocycles. The van der Waals surface area contributed by atoms with Crippen LogP contribution in [-0.2, 0) is 11.3 Å². The monoisotopic (exact) mass is 417 g/mol. The molecule has 1 aromatic carbocycles. The highest BCUT2D eigenvalue weighted by Gasteiger charge is 2.27. The molecule has 1 atom stereocenters. The Hall–Kier alpha value is -3.07. The summed E-state index contributed by atoms with van der Waals surface area (Å²) in [6.07, 6.45) is 1.93. The van der Waals surface area contributed by atoms with Crippen LogP contribution in [0.3, 0.4) is 0 Å². The quantitative estimate of drug-likeness (QED) is 0.552. The van der Waals surface area contributed by atoms with E-state index >= 15 is 0 Å². The number of aromatic nitrogens is 1. The number of amides is 2. The van der Waals surface area contributed by atoms with E-state index in [0.29, 0.717) is 41.9 Å². The summed E-state index contributed by atoms with van der Waals surface area (Å²) in [5.41, 5.74) is 0.163. The Morgan fingerprint density at radius 1 is 1.23 bits per heavy atom. The van der Waals surface area contributed by atoms with E-state index in [1.54, 1.807) is 16.7 Å². The van der Waals surface area contributed by atoms with Gasteiger partial charge in [-0.1, -0.05) is 13.8 Å². The van der Waals surface area contributed by atoms with Crippen molar-refractivity contribution in [2.24, 2.45) is 5.92 Å². The SMILES string of the molecule is CCn1cc(C(=O)N[C@@H](C(=O)NCCCO)C(C)C)c(=O)c2cc3c(cc21)OCO3. The van der Waals surface area contributed by atoms with Gasteiger partial charge in [-0.25, -0.2) is 0 Å². The molecule has 162 valence electrons. The fraction of sp³-hybridized carbons (Fsp3) is 0.476. The van der Waals surface area contributed by atoms with Crippen molar-refractivity contribution in [3.05, 3.63) is 34.1 Å². The number of aliphatic hydroxyl groups is 1. The molecule has 0 radical (unpaired) electrons. The lowest BCUT2D eigenvalue weighted by Gasteiger charge is -2.22. The molecule has 0 unspecified atom stereocenters. The van der Waals surface area contributed by atoms with Crippen LogP contribution in [0.15, 0.2) is 23.1 Å². The summed E-state index contributed by atoms with van der Waals surface area (Å²) in [5.74, 6) is -0.140. The van der Waals surface area contributed by atoms with Crippen LogP contribution in [0.5, 0.6) is 11.5 Å². The Balaban J connectivity index is 1.94. The maximum absolute atomic E-state index is 13.1. The number of pyridine rings is 1. The lowest BCUT2D eigenvalue weighted by molar-refractivity contribution is -0.123. The summed E-state index contributed by atoms with van der Waals surface area (Å²) < 4.78 is 12.6. The van der Waals surface area contributed by atoms with Crippen LogP contribution >= 0.6 is 0 Å². The third kappa shape index (κ3) is 4.25. The third-order valence-electron chi connectivity index (χ3n) is 5.03. The second-order valence-electron chi connectivity index (χ2n) is 7.44. The fourth-order valence-electron chi connectivity index (χ4n) is 3.36. The first-order chi connectivity index (χ1) is 14.4. The number of fused-ring (bicyclic) bond motifs is 2. The normalized spacial score (nSPS) is 13.5. The number of carbonyl (C=O) groups excluding carboxylic acids is 2. The number of aliphatic hydroxyl groups excluding tert-OH is 1. The highest BCUT2D eigenvalue weighted by molar-refractivity contribution is 6.00. The Morgan fingerprint density at radius 3 is 2.57 bits per heavy atom. The lowest BCUT2D eigenvalue weighted by Crippen LogP contribution is -2.50. The maximum Gasteiger partial charge on any atom is 0.257 e. The highest BCUT2D eigenvalue weighted by atomic mass is 16.7. The minimum Gasteiger partial charge on any atom is -0.454 e. The molecule has 3 N–H and O–H groups in total. The number of nitrogens with zero attached hydrogens (tertiary/aromatic N) is 1. The number of benzene rings is 1. The Kier molecular flexibility index (Phi) is 6.61. The van der Waals surface area contributed by atoms with E-state index in [4.69, 9.17) is 14.6 Å². The van der Waals surface area contributed by atoms with E-state index in [0.717, 1.165) is 0 Å². The van der Waals surface area contributed by atoms with Crippen LogP contribution < -0.4 is 25.5 Å². The summed E-state index contributed by atoms with van der Waals surface area (Å²) in [5, 5.41) is 14.6. The average molecular weight is 417 g/mol. The van der Waals surface area contributed by atoms with Crippen molar-refractivity contribution in [3.8, 4) is 11.5 Å². The van der Waals surface area contributed by atoms with E-state index in [1.807, 2.05) is 20.8 Å². The van der Waals surface area contributed by atoms with Gasteiger partial charge >= 0.3 is 0 Å².